The summed E-state index contributed by atoms with van der Waals surface area (Å²) in [5.41, 5.74) is 0.253. The number of nitrogens with one attached hydrogen (secondary N) is 2. The van der Waals surface area contributed by atoms with E-state index in [4.69, 9.17) is 9.47 Å². The van der Waals surface area contributed by atoms with Crippen LogP contribution >= 0.6 is 0 Å². The fourth-order valence-corrected chi connectivity index (χ4v) is 2.00. The van der Waals surface area contributed by atoms with Crippen molar-refractivity contribution in [3.05, 3.63) is 48.5 Å². The van der Waals surface area contributed by atoms with Crippen LogP contribution in [0, 0.1) is 0 Å². The Balaban J connectivity index is 1.71. The molecule has 2 aromatic rings. The Morgan fingerprint density at radius 3 is 2.04 bits per heavy atom. The predicted molar refractivity (Wildman–Crippen MR) is 93.3 cm³/mol. The minimum atomic E-state index is -4.79. The molecule has 0 atom stereocenters. The molecule has 0 heterocycles. The van der Waals surface area contributed by atoms with Crippen LogP contribution in [0.1, 0.15) is 0 Å². The molecule has 0 aliphatic rings. The number of amides is 2. The van der Waals surface area contributed by atoms with Crippen molar-refractivity contribution in [2.45, 2.75) is 6.36 Å². The number of benzene rings is 2. The van der Waals surface area contributed by atoms with E-state index in [1.54, 1.807) is 24.3 Å². The van der Waals surface area contributed by atoms with Gasteiger partial charge in [0.2, 0.25) is 5.91 Å². The molecular weight excluding hydrogens is 381 g/mol. The summed E-state index contributed by atoms with van der Waals surface area (Å²) >= 11 is 0. The second-order valence-corrected chi connectivity index (χ2v) is 5.36. The van der Waals surface area contributed by atoms with Gasteiger partial charge in [-0.3, -0.25) is 9.59 Å². The van der Waals surface area contributed by atoms with Gasteiger partial charge in [0.25, 0.3) is 5.91 Å². The number of methoxy groups -OCH3 is 1. The highest BCUT2D eigenvalue weighted by Gasteiger charge is 2.30. The first-order chi connectivity index (χ1) is 13.2. The second-order valence-electron chi connectivity index (χ2n) is 5.36. The maximum Gasteiger partial charge on any atom is 0.573 e. The van der Waals surface area contributed by atoms with Gasteiger partial charge in [0.15, 0.2) is 6.61 Å². The standard InChI is InChI=1S/C18H17F3N2O5/c1-26-13-6-8-14(9-7-13)27-11-17(25)22-10-16(24)23-12-2-4-15(5-3-12)28-18(19,20)21/h2-9H,10-11H2,1H3,(H,22,25)(H,23,24). The summed E-state index contributed by atoms with van der Waals surface area (Å²) in [4.78, 5) is 23.5. The van der Waals surface area contributed by atoms with Crippen molar-refractivity contribution in [3.8, 4) is 17.2 Å². The quantitative estimate of drug-likeness (QED) is 0.714. The van der Waals surface area contributed by atoms with E-state index in [2.05, 4.69) is 15.4 Å². The number of hydrogen-bond acceptors (Lipinski definition) is 5. The summed E-state index contributed by atoms with van der Waals surface area (Å²) in [6.45, 7) is -0.616. The molecule has 0 aliphatic heterocycles. The van der Waals surface area contributed by atoms with E-state index in [0.29, 0.717) is 11.5 Å². The molecule has 28 heavy (non-hydrogen) atoms. The van der Waals surface area contributed by atoms with Crippen LogP contribution in [0.25, 0.3) is 0 Å². The number of rotatable bonds is 8. The van der Waals surface area contributed by atoms with Crippen LogP contribution in [0.4, 0.5) is 18.9 Å². The highest BCUT2D eigenvalue weighted by Crippen LogP contribution is 2.23. The molecule has 2 rings (SSSR count). The monoisotopic (exact) mass is 398 g/mol. The highest BCUT2D eigenvalue weighted by atomic mass is 19.4. The first-order valence-electron chi connectivity index (χ1n) is 7.94. The van der Waals surface area contributed by atoms with Gasteiger partial charge >= 0.3 is 6.36 Å². The molecule has 0 unspecified atom stereocenters. The number of alkyl halides is 3. The van der Waals surface area contributed by atoms with E-state index in [1.807, 2.05) is 0 Å². The molecule has 150 valence electrons. The lowest BCUT2D eigenvalue weighted by atomic mass is 10.3. The Bertz CT molecular complexity index is 792. The normalized spacial score (nSPS) is 10.7. The van der Waals surface area contributed by atoms with Crippen molar-refractivity contribution < 1.29 is 37.0 Å². The van der Waals surface area contributed by atoms with Gasteiger partial charge in [-0.05, 0) is 48.5 Å². The summed E-state index contributed by atoms with van der Waals surface area (Å²) in [5.74, 6) is -0.371. The number of ether oxygens (including phenoxy) is 3. The SMILES string of the molecule is COc1ccc(OCC(=O)NCC(=O)Nc2ccc(OC(F)(F)F)cc2)cc1. The largest absolute Gasteiger partial charge is 0.573 e. The zero-order valence-corrected chi connectivity index (χ0v) is 14.7. The average molecular weight is 398 g/mol. The van der Waals surface area contributed by atoms with E-state index in [1.165, 1.54) is 19.2 Å². The van der Waals surface area contributed by atoms with Gasteiger partial charge in [-0.2, -0.15) is 0 Å². The van der Waals surface area contributed by atoms with E-state index >= 15 is 0 Å². The molecule has 10 heteroatoms. The Labute approximate surface area is 158 Å². The summed E-state index contributed by atoms with van der Waals surface area (Å²) in [6, 6.07) is 11.2. The fraction of sp³-hybridized carbons (Fsp3) is 0.222. The Morgan fingerprint density at radius 1 is 0.893 bits per heavy atom. The van der Waals surface area contributed by atoms with E-state index in [9.17, 15) is 22.8 Å². The van der Waals surface area contributed by atoms with E-state index < -0.39 is 23.9 Å². The lowest BCUT2D eigenvalue weighted by Gasteiger charge is -2.10. The molecule has 2 N–H and O–H groups in total. The van der Waals surface area contributed by atoms with Gasteiger partial charge in [-0.25, -0.2) is 0 Å². The first kappa shape index (κ1) is 20.9. The van der Waals surface area contributed by atoms with Gasteiger partial charge in [0, 0.05) is 5.69 Å². The summed E-state index contributed by atoms with van der Waals surface area (Å²) < 4.78 is 50.2. The third-order valence-electron chi connectivity index (χ3n) is 3.25. The van der Waals surface area contributed by atoms with Crippen molar-refractivity contribution in [1.29, 1.82) is 0 Å². The predicted octanol–water partition coefficient (Wildman–Crippen LogP) is 2.73. The van der Waals surface area contributed by atoms with Crippen LogP contribution < -0.4 is 24.8 Å². The van der Waals surface area contributed by atoms with Crippen LogP contribution in [-0.2, 0) is 9.59 Å². The van der Waals surface area contributed by atoms with Gasteiger partial charge in [-0.1, -0.05) is 0 Å². The zero-order chi connectivity index (χ0) is 20.6. The number of hydrogen-bond donors (Lipinski definition) is 2. The highest BCUT2D eigenvalue weighted by molar-refractivity contribution is 5.94. The minimum absolute atomic E-state index is 0.253. The average Bonchev–Trinajstić information content (AvgIpc) is 2.65. The van der Waals surface area contributed by atoms with Crippen molar-refractivity contribution in [3.63, 3.8) is 0 Å². The molecular formula is C18H17F3N2O5. The summed E-state index contributed by atoms with van der Waals surface area (Å²) in [6.07, 6.45) is -4.79. The van der Waals surface area contributed by atoms with Crippen LogP contribution in [0.5, 0.6) is 17.2 Å². The first-order valence-corrected chi connectivity index (χ1v) is 7.94. The molecule has 0 fully saturated rings. The van der Waals surface area contributed by atoms with Crippen LogP contribution in [-0.4, -0.2) is 38.4 Å². The fourth-order valence-electron chi connectivity index (χ4n) is 2.00. The minimum Gasteiger partial charge on any atom is -0.497 e. The van der Waals surface area contributed by atoms with Crippen molar-refractivity contribution in [2.24, 2.45) is 0 Å². The van der Waals surface area contributed by atoms with Crippen LogP contribution in [0.2, 0.25) is 0 Å². The van der Waals surface area contributed by atoms with Gasteiger partial charge in [-0.15, -0.1) is 13.2 Å². The summed E-state index contributed by atoms with van der Waals surface area (Å²) in [7, 11) is 1.53. The van der Waals surface area contributed by atoms with Crippen LogP contribution in [0.15, 0.2) is 48.5 Å². The lowest BCUT2D eigenvalue weighted by Crippen LogP contribution is -2.35. The number of anilines is 1. The Kier molecular flexibility index (Phi) is 7.08. The van der Waals surface area contributed by atoms with Crippen molar-refractivity contribution >= 4 is 17.5 Å². The van der Waals surface area contributed by atoms with Gasteiger partial charge in [0.05, 0.1) is 13.7 Å². The molecule has 0 spiro atoms. The third kappa shape index (κ3) is 7.44. The third-order valence-corrected chi connectivity index (χ3v) is 3.25. The molecule has 7 nitrogen and oxygen atoms in total. The smallest absolute Gasteiger partial charge is 0.497 e. The number of carbonyl (C=O) groups is 2. The topological polar surface area (TPSA) is 85.9 Å². The molecule has 0 aromatic heterocycles. The van der Waals surface area contributed by atoms with E-state index in [-0.39, 0.29) is 18.8 Å². The maximum absolute atomic E-state index is 12.1. The molecule has 2 aromatic carbocycles. The van der Waals surface area contributed by atoms with Crippen LogP contribution in [0.3, 0.4) is 0 Å². The number of carbonyl (C=O) groups excluding carboxylic acids is 2. The number of halogens is 3. The second kappa shape index (κ2) is 9.49. The summed E-state index contributed by atoms with van der Waals surface area (Å²) in [5, 5.41) is 4.79. The maximum atomic E-state index is 12.1. The van der Waals surface area contributed by atoms with Gasteiger partial charge < -0.3 is 24.8 Å². The van der Waals surface area contributed by atoms with Gasteiger partial charge in [0.1, 0.15) is 17.2 Å². The molecule has 0 saturated heterocycles. The Hall–Kier alpha value is -3.43. The lowest BCUT2D eigenvalue weighted by molar-refractivity contribution is -0.274. The van der Waals surface area contributed by atoms with Crippen molar-refractivity contribution in [1.82, 2.24) is 5.32 Å². The molecule has 0 radical (unpaired) electrons. The zero-order valence-electron chi connectivity index (χ0n) is 14.7. The molecule has 0 bridgehead atoms. The van der Waals surface area contributed by atoms with Crippen molar-refractivity contribution in [2.75, 3.05) is 25.6 Å². The Morgan fingerprint density at radius 2 is 1.46 bits per heavy atom. The molecule has 0 saturated carbocycles. The molecule has 0 aliphatic carbocycles. The van der Waals surface area contributed by atoms with E-state index in [0.717, 1.165) is 12.1 Å². The molecule has 2 amide bonds.